The Balaban J connectivity index is 1.72. The SMILES string of the molecule is CN(C)CCN(C)c1cccc2c1OCCn1c-2c(C2CCCCC2)c2ccc(C(=O)O)cc21. The average Bonchev–Trinajstić information content (AvgIpc) is 3.03. The van der Waals surface area contributed by atoms with Crippen molar-refractivity contribution in [1.82, 2.24) is 9.47 Å². The lowest BCUT2D eigenvalue weighted by molar-refractivity contribution is 0.0697. The summed E-state index contributed by atoms with van der Waals surface area (Å²) in [4.78, 5) is 16.2. The molecule has 2 heterocycles. The van der Waals surface area contributed by atoms with Gasteiger partial charge in [0, 0.05) is 36.6 Å². The predicted molar refractivity (Wildman–Crippen MR) is 137 cm³/mol. The van der Waals surface area contributed by atoms with Gasteiger partial charge in [-0.1, -0.05) is 31.4 Å². The lowest BCUT2D eigenvalue weighted by Gasteiger charge is -2.26. The monoisotopic (exact) mass is 461 g/mol. The molecule has 6 heteroatoms. The molecule has 2 aliphatic rings. The van der Waals surface area contributed by atoms with Gasteiger partial charge < -0.3 is 24.2 Å². The number of fused-ring (bicyclic) bond motifs is 5. The van der Waals surface area contributed by atoms with Crippen molar-refractivity contribution in [2.45, 2.75) is 44.6 Å². The number of likely N-dealkylation sites (N-methyl/N-ethyl adjacent to an activating group) is 2. The third-order valence-electron chi connectivity index (χ3n) is 7.47. The minimum Gasteiger partial charge on any atom is -0.489 e. The highest BCUT2D eigenvalue weighted by atomic mass is 16.5. The van der Waals surface area contributed by atoms with E-state index in [9.17, 15) is 9.90 Å². The van der Waals surface area contributed by atoms with Crippen molar-refractivity contribution < 1.29 is 14.6 Å². The van der Waals surface area contributed by atoms with Crippen LogP contribution in [-0.2, 0) is 6.54 Å². The Kier molecular flexibility index (Phi) is 6.26. The first-order valence-electron chi connectivity index (χ1n) is 12.5. The fourth-order valence-corrected chi connectivity index (χ4v) is 5.71. The zero-order chi connectivity index (χ0) is 23.8. The number of anilines is 1. The molecule has 0 amide bonds. The summed E-state index contributed by atoms with van der Waals surface area (Å²) in [6.45, 7) is 3.14. The number of aromatic carboxylic acids is 1. The van der Waals surface area contributed by atoms with E-state index in [0.29, 0.717) is 24.6 Å². The van der Waals surface area contributed by atoms with Gasteiger partial charge in [0.2, 0.25) is 0 Å². The van der Waals surface area contributed by atoms with Gasteiger partial charge in [-0.05, 0) is 62.7 Å². The van der Waals surface area contributed by atoms with Crippen LogP contribution in [-0.4, -0.2) is 61.4 Å². The number of nitrogens with zero attached hydrogens (tertiary/aromatic N) is 3. The van der Waals surface area contributed by atoms with Crippen LogP contribution in [0.1, 0.15) is 53.9 Å². The van der Waals surface area contributed by atoms with Gasteiger partial charge in [0.05, 0.1) is 23.5 Å². The molecular weight excluding hydrogens is 426 g/mol. The highest BCUT2D eigenvalue weighted by Crippen LogP contribution is 2.49. The largest absolute Gasteiger partial charge is 0.489 e. The fraction of sp³-hybridized carbons (Fsp3) is 0.464. The molecule has 0 bridgehead atoms. The number of carboxylic acid groups (broad SMARTS) is 1. The molecule has 0 spiro atoms. The highest BCUT2D eigenvalue weighted by Gasteiger charge is 2.30. The first kappa shape index (κ1) is 22.8. The van der Waals surface area contributed by atoms with E-state index in [1.54, 1.807) is 6.07 Å². The molecule has 1 aliphatic heterocycles. The number of para-hydroxylation sites is 1. The van der Waals surface area contributed by atoms with Crippen molar-refractivity contribution in [1.29, 1.82) is 0 Å². The van der Waals surface area contributed by atoms with Crippen molar-refractivity contribution in [2.24, 2.45) is 0 Å². The van der Waals surface area contributed by atoms with E-state index in [4.69, 9.17) is 4.74 Å². The predicted octanol–water partition coefficient (Wildman–Crippen LogP) is 5.44. The fourth-order valence-electron chi connectivity index (χ4n) is 5.71. The molecule has 6 nitrogen and oxygen atoms in total. The van der Waals surface area contributed by atoms with Crippen LogP contribution in [0.15, 0.2) is 36.4 Å². The standard InChI is InChI=1S/C28H35N3O3/c1-29(2)14-15-30(3)23-11-7-10-22-26-25(19-8-5-4-6-9-19)21-13-12-20(28(32)33)18-24(21)31(26)16-17-34-27(22)23/h7,10-13,18-19H,4-6,8-9,14-17H2,1-3H3,(H,32,33). The van der Waals surface area contributed by atoms with Crippen LogP contribution in [0.5, 0.6) is 5.75 Å². The van der Waals surface area contributed by atoms with Crippen LogP contribution in [0.4, 0.5) is 5.69 Å². The van der Waals surface area contributed by atoms with Crippen LogP contribution >= 0.6 is 0 Å². The Bertz CT molecular complexity index is 1210. The van der Waals surface area contributed by atoms with E-state index in [-0.39, 0.29) is 0 Å². The number of carboxylic acids is 1. The summed E-state index contributed by atoms with van der Waals surface area (Å²) in [6, 6.07) is 12.1. The Labute approximate surface area is 201 Å². The third kappa shape index (κ3) is 4.05. The molecule has 1 saturated carbocycles. The molecule has 0 radical (unpaired) electrons. The number of rotatable bonds is 6. The Hall–Kier alpha value is -2.99. The van der Waals surface area contributed by atoms with Crippen molar-refractivity contribution in [3.05, 3.63) is 47.5 Å². The number of hydrogen-bond acceptors (Lipinski definition) is 4. The van der Waals surface area contributed by atoms with E-state index in [0.717, 1.165) is 35.6 Å². The molecule has 0 saturated heterocycles. The van der Waals surface area contributed by atoms with Crippen LogP contribution < -0.4 is 9.64 Å². The van der Waals surface area contributed by atoms with Gasteiger partial charge in [-0.3, -0.25) is 0 Å². The van der Waals surface area contributed by atoms with E-state index in [1.807, 2.05) is 12.1 Å². The Morgan fingerprint density at radius 1 is 1.09 bits per heavy atom. The van der Waals surface area contributed by atoms with Crippen LogP contribution in [0.3, 0.4) is 0 Å². The van der Waals surface area contributed by atoms with Crippen LogP contribution in [0.25, 0.3) is 22.2 Å². The first-order valence-corrected chi connectivity index (χ1v) is 12.5. The van der Waals surface area contributed by atoms with Gasteiger partial charge in [-0.25, -0.2) is 4.79 Å². The maximum Gasteiger partial charge on any atom is 0.335 e. The van der Waals surface area contributed by atoms with Gasteiger partial charge in [-0.2, -0.15) is 0 Å². The molecule has 180 valence electrons. The van der Waals surface area contributed by atoms with E-state index in [2.05, 4.69) is 53.7 Å². The van der Waals surface area contributed by atoms with E-state index >= 15 is 0 Å². The second-order valence-corrected chi connectivity index (χ2v) is 10.0. The number of carbonyl (C=O) groups is 1. The molecule has 0 atom stereocenters. The molecular formula is C28H35N3O3. The summed E-state index contributed by atoms with van der Waals surface area (Å²) in [5.41, 5.74) is 6.19. The normalized spacial score (nSPS) is 16.1. The van der Waals surface area contributed by atoms with Gasteiger partial charge >= 0.3 is 5.97 Å². The zero-order valence-electron chi connectivity index (χ0n) is 20.5. The summed E-state index contributed by atoms with van der Waals surface area (Å²) in [5, 5.41) is 10.9. The molecule has 2 aromatic carbocycles. The van der Waals surface area contributed by atoms with Gasteiger partial charge in [0.15, 0.2) is 5.75 Å². The van der Waals surface area contributed by atoms with Crippen molar-refractivity contribution >= 4 is 22.6 Å². The average molecular weight is 462 g/mol. The third-order valence-corrected chi connectivity index (χ3v) is 7.47. The maximum absolute atomic E-state index is 11.8. The number of hydrogen-bond donors (Lipinski definition) is 1. The summed E-state index contributed by atoms with van der Waals surface area (Å²) >= 11 is 0. The molecule has 0 unspecified atom stereocenters. The minimum atomic E-state index is -0.883. The molecule has 1 aromatic heterocycles. The first-order chi connectivity index (χ1) is 16.5. The van der Waals surface area contributed by atoms with Crippen LogP contribution in [0.2, 0.25) is 0 Å². The lowest BCUT2D eigenvalue weighted by atomic mass is 9.81. The summed E-state index contributed by atoms with van der Waals surface area (Å²) in [7, 11) is 6.32. The van der Waals surface area contributed by atoms with Crippen molar-refractivity contribution in [3.8, 4) is 17.0 Å². The number of ether oxygens (including phenoxy) is 1. The second kappa shape index (κ2) is 9.34. The van der Waals surface area contributed by atoms with Gasteiger partial charge in [-0.15, -0.1) is 0 Å². The van der Waals surface area contributed by atoms with Crippen molar-refractivity contribution in [2.75, 3.05) is 45.7 Å². The van der Waals surface area contributed by atoms with E-state index in [1.165, 1.54) is 48.7 Å². The molecule has 3 aromatic rings. The zero-order valence-corrected chi connectivity index (χ0v) is 20.5. The number of benzene rings is 2. The maximum atomic E-state index is 11.8. The molecule has 5 rings (SSSR count). The lowest BCUT2D eigenvalue weighted by Crippen LogP contribution is -2.28. The minimum absolute atomic E-state index is 0.338. The Morgan fingerprint density at radius 2 is 1.88 bits per heavy atom. The van der Waals surface area contributed by atoms with E-state index < -0.39 is 5.97 Å². The summed E-state index contributed by atoms with van der Waals surface area (Å²) in [6.07, 6.45) is 6.17. The quantitative estimate of drug-likeness (QED) is 0.529. The summed E-state index contributed by atoms with van der Waals surface area (Å²) in [5.74, 6) is 0.553. The van der Waals surface area contributed by atoms with Gasteiger partial charge in [0.1, 0.15) is 6.61 Å². The van der Waals surface area contributed by atoms with Crippen LogP contribution in [0, 0.1) is 0 Å². The molecule has 1 N–H and O–H groups in total. The molecule has 34 heavy (non-hydrogen) atoms. The Morgan fingerprint density at radius 3 is 2.62 bits per heavy atom. The molecule has 1 aliphatic carbocycles. The summed E-state index contributed by atoms with van der Waals surface area (Å²) < 4.78 is 8.75. The topological polar surface area (TPSA) is 57.9 Å². The van der Waals surface area contributed by atoms with Gasteiger partial charge in [0.25, 0.3) is 0 Å². The number of aromatic nitrogens is 1. The smallest absolute Gasteiger partial charge is 0.335 e. The second-order valence-electron chi connectivity index (χ2n) is 10.0. The van der Waals surface area contributed by atoms with Crippen molar-refractivity contribution in [3.63, 3.8) is 0 Å². The molecule has 1 fully saturated rings. The highest BCUT2D eigenvalue weighted by molar-refractivity contribution is 5.99.